The molecule has 2 unspecified atom stereocenters. The number of esters is 1. The Kier molecular flexibility index (Phi) is 5.85. The van der Waals surface area contributed by atoms with Crippen LogP contribution in [0.3, 0.4) is 0 Å². The first kappa shape index (κ1) is 19.5. The highest BCUT2D eigenvalue weighted by atomic mass is 16.6. The smallest absolute Gasteiger partial charge is 0.413 e. The quantitative estimate of drug-likeness (QED) is 0.588. The molecular weight excluding hydrogens is 298 g/mol. The monoisotopic (exact) mass is 327 g/mol. The summed E-state index contributed by atoms with van der Waals surface area (Å²) in [6.07, 6.45) is 0.980. The standard InChI is InChI=1S/C17H29NO5/c1-9-21-14(19)11(2)10-13-12(3)22-17(7,8)18(13)15(20)23-16(4,5)6/h10,12-13H,9H2,1-8H3. The Morgan fingerprint density at radius 3 is 2.35 bits per heavy atom. The van der Waals surface area contributed by atoms with E-state index in [9.17, 15) is 9.59 Å². The third kappa shape index (κ3) is 4.96. The molecule has 2 atom stereocenters. The van der Waals surface area contributed by atoms with Gasteiger partial charge in [0.05, 0.1) is 18.8 Å². The minimum atomic E-state index is -0.822. The topological polar surface area (TPSA) is 65.1 Å². The molecule has 6 nitrogen and oxygen atoms in total. The van der Waals surface area contributed by atoms with Crippen molar-refractivity contribution in [3.63, 3.8) is 0 Å². The van der Waals surface area contributed by atoms with Crippen molar-refractivity contribution in [2.45, 2.75) is 78.9 Å². The van der Waals surface area contributed by atoms with Crippen LogP contribution < -0.4 is 0 Å². The molecule has 1 rings (SSSR count). The predicted octanol–water partition coefficient (Wildman–Crippen LogP) is 3.26. The molecule has 1 amide bonds. The van der Waals surface area contributed by atoms with E-state index < -0.39 is 29.4 Å². The molecule has 1 aliphatic heterocycles. The van der Waals surface area contributed by atoms with Crippen LogP contribution in [-0.2, 0) is 19.0 Å². The molecule has 0 aromatic heterocycles. The molecule has 0 aromatic rings. The Bertz CT molecular complexity index is 490. The van der Waals surface area contributed by atoms with E-state index in [1.165, 1.54) is 4.90 Å². The Morgan fingerprint density at radius 2 is 1.87 bits per heavy atom. The molecule has 0 N–H and O–H groups in total. The van der Waals surface area contributed by atoms with E-state index in [0.717, 1.165) is 0 Å². The lowest BCUT2D eigenvalue weighted by Crippen LogP contribution is -2.49. The normalized spacial score (nSPS) is 24.5. The third-order valence-corrected chi connectivity index (χ3v) is 3.44. The summed E-state index contributed by atoms with van der Waals surface area (Å²) in [6, 6.07) is -0.399. The van der Waals surface area contributed by atoms with Crippen molar-refractivity contribution in [2.24, 2.45) is 0 Å². The Labute approximate surface area is 138 Å². The summed E-state index contributed by atoms with van der Waals surface area (Å²) in [7, 11) is 0. The second-order valence-electron chi connectivity index (χ2n) is 7.18. The summed E-state index contributed by atoms with van der Waals surface area (Å²) >= 11 is 0. The van der Waals surface area contributed by atoms with Gasteiger partial charge in [-0.05, 0) is 61.5 Å². The minimum Gasteiger partial charge on any atom is -0.463 e. The molecule has 0 aromatic carbocycles. The van der Waals surface area contributed by atoms with Gasteiger partial charge in [-0.2, -0.15) is 0 Å². The highest BCUT2D eigenvalue weighted by Crippen LogP contribution is 2.34. The number of hydrogen-bond donors (Lipinski definition) is 0. The van der Waals surface area contributed by atoms with E-state index in [4.69, 9.17) is 14.2 Å². The van der Waals surface area contributed by atoms with Gasteiger partial charge in [-0.25, -0.2) is 9.59 Å². The molecule has 0 radical (unpaired) electrons. The van der Waals surface area contributed by atoms with E-state index in [2.05, 4.69) is 0 Å². The second kappa shape index (κ2) is 6.91. The average Bonchev–Trinajstić information content (AvgIpc) is 2.56. The van der Waals surface area contributed by atoms with Gasteiger partial charge in [0.1, 0.15) is 11.3 Å². The van der Waals surface area contributed by atoms with Crippen LogP contribution in [0.1, 0.15) is 55.4 Å². The molecule has 0 spiro atoms. The molecule has 6 heteroatoms. The number of rotatable bonds is 3. The molecule has 23 heavy (non-hydrogen) atoms. The van der Waals surface area contributed by atoms with Crippen LogP contribution in [-0.4, -0.2) is 47.0 Å². The Morgan fingerprint density at radius 1 is 1.30 bits per heavy atom. The highest BCUT2D eigenvalue weighted by Gasteiger charge is 2.48. The summed E-state index contributed by atoms with van der Waals surface area (Å²) in [5.41, 5.74) is -0.986. The fourth-order valence-electron chi connectivity index (χ4n) is 2.58. The maximum absolute atomic E-state index is 12.6. The second-order valence-corrected chi connectivity index (χ2v) is 7.18. The van der Waals surface area contributed by atoms with Crippen molar-refractivity contribution >= 4 is 12.1 Å². The lowest BCUT2D eigenvalue weighted by molar-refractivity contribution is -0.138. The fourth-order valence-corrected chi connectivity index (χ4v) is 2.58. The summed E-state index contributed by atoms with van der Waals surface area (Å²) in [4.78, 5) is 26.0. The molecule has 0 aliphatic carbocycles. The summed E-state index contributed by atoms with van der Waals surface area (Å²) < 4.78 is 16.4. The number of nitrogens with zero attached hydrogens (tertiary/aromatic N) is 1. The number of hydrogen-bond acceptors (Lipinski definition) is 5. The Hall–Kier alpha value is -1.56. The predicted molar refractivity (Wildman–Crippen MR) is 86.9 cm³/mol. The molecule has 1 fully saturated rings. The number of carbonyl (C=O) groups excluding carboxylic acids is 2. The molecule has 0 saturated carbocycles. The van der Waals surface area contributed by atoms with Gasteiger partial charge in [0.15, 0.2) is 0 Å². The van der Waals surface area contributed by atoms with Crippen molar-refractivity contribution in [3.05, 3.63) is 11.6 Å². The van der Waals surface area contributed by atoms with Crippen molar-refractivity contribution in [1.29, 1.82) is 0 Å². The molecule has 1 aliphatic rings. The average molecular weight is 327 g/mol. The van der Waals surface area contributed by atoms with Crippen LogP contribution >= 0.6 is 0 Å². The van der Waals surface area contributed by atoms with Gasteiger partial charge in [-0.1, -0.05) is 0 Å². The SMILES string of the molecule is CCOC(=O)C(C)=CC1C(C)OC(C)(C)N1C(=O)OC(C)(C)C. The molecule has 132 valence electrons. The first-order valence-corrected chi connectivity index (χ1v) is 7.94. The van der Waals surface area contributed by atoms with E-state index in [1.807, 2.05) is 27.7 Å². The van der Waals surface area contributed by atoms with Crippen LogP contribution in [0.4, 0.5) is 4.79 Å². The van der Waals surface area contributed by atoms with E-state index >= 15 is 0 Å². The third-order valence-electron chi connectivity index (χ3n) is 3.44. The molecular formula is C17H29NO5. The first-order chi connectivity index (χ1) is 10.4. The van der Waals surface area contributed by atoms with Gasteiger partial charge < -0.3 is 14.2 Å². The number of carbonyl (C=O) groups is 2. The van der Waals surface area contributed by atoms with Crippen LogP contribution in [0.25, 0.3) is 0 Å². The van der Waals surface area contributed by atoms with Crippen LogP contribution in [0.5, 0.6) is 0 Å². The van der Waals surface area contributed by atoms with Gasteiger partial charge in [0.25, 0.3) is 0 Å². The van der Waals surface area contributed by atoms with Gasteiger partial charge >= 0.3 is 12.1 Å². The molecule has 0 bridgehead atoms. The van der Waals surface area contributed by atoms with E-state index in [-0.39, 0.29) is 6.10 Å². The van der Waals surface area contributed by atoms with E-state index in [1.54, 1.807) is 33.8 Å². The zero-order valence-corrected chi connectivity index (χ0v) is 15.4. The Balaban J connectivity index is 3.09. The molecule has 1 saturated heterocycles. The van der Waals surface area contributed by atoms with Crippen molar-refractivity contribution in [3.8, 4) is 0 Å². The maximum Gasteiger partial charge on any atom is 0.413 e. The highest BCUT2D eigenvalue weighted by molar-refractivity contribution is 5.88. The summed E-state index contributed by atoms with van der Waals surface area (Å²) in [6.45, 7) is 14.6. The van der Waals surface area contributed by atoms with Crippen molar-refractivity contribution in [1.82, 2.24) is 4.90 Å². The zero-order valence-electron chi connectivity index (χ0n) is 15.4. The summed E-state index contributed by atoms with van der Waals surface area (Å²) in [5, 5.41) is 0. The summed E-state index contributed by atoms with van der Waals surface area (Å²) in [5.74, 6) is -0.395. The number of amides is 1. The fraction of sp³-hybridized carbons (Fsp3) is 0.765. The molecule has 1 heterocycles. The van der Waals surface area contributed by atoms with E-state index in [0.29, 0.717) is 12.2 Å². The van der Waals surface area contributed by atoms with Gasteiger partial charge in [0, 0.05) is 5.57 Å². The lowest BCUT2D eigenvalue weighted by Gasteiger charge is -2.34. The minimum absolute atomic E-state index is 0.262. The van der Waals surface area contributed by atoms with Crippen molar-refractivity contribution < 1.29 is 23.8 Å². The van der Waals surface area contributed by atoms with Crippen molar-refractivity contribution in [2.75, 3.05) is 6.61 Å². The lowest BCUT2D eigenvalue weighted by atomic mass is 10.1. The van der Waals surface area contributed by atoms with Gasteiger partial charge in [0.2, 0.25) is 0 Å². The van der Waals surface area contributed by atoms with Gasteiger partial charge in [-0.15, -0.1) is 0 Å². The van der Waals surface area contributed by atoms with Crippen LogP contribution in [0.15, 0.2) is 11.6 Å². The maximum atomic E-state index is 12.6. The first-order valence-electron chi connectivity index (χ1n) is 7.94. The largest absolute Gasteiger partial charge is 0.463 e. The number of ether oxygens (including phenoxy) is 3. The van der Waals surface area contributed by atoms with Gasteiger partial charge in [-0.3, -0.25) is 4.90 Å². The van der Waals surface area contributed by atoms with Crippen LogP contribution in [0, 0.1) is 0 Å². The van der Waals surface area contributed by atoms with Crippen LogP contribution in [0.2, 0.25) is 0 Å². The zero-order chi connectivity index (χ0) is 18.0.